The van der Waals surface area contributed by atoms with Gasteiger partial charge in [-0.3, -0.25) is 9.98 Å². The van der Waals surface area contributed by atoms with E-state index in [1.165, 1.54) is 0 Å². The summed E-state index contributed by atoms with van der Waals surface area (Å²) < 4.78 is 5.10. The summed E-state index contributed by atoms with van der Waals surface area (Å²) in [5.41, 5.74) is 2.04. The minimum absolute atomic E-state index is 0.603. The number of methoxy groups -OCH3 is 1. The van der Waals surface area contributed by atoms with Crippen molar-refractivity contribution < 1.29 is 4.74 Å². The molecule has 0 bridgehead atoms. The van der Waals surface area contributed by atoms with E-state index in [1.807, 2.05) is 30.3 Å². The molecule has 6 nitrogen and oxygen atoms in total. The molecule has 2 heterocycles. The van der Waals surface area contributed by atoms with Crippen LogP contribution in [0.1, 0.15) is 11.3 Å². The molecule has 0 saturated heterocycles. The van der Waals surface area contributed by atoms with Crippen molar-refractivity contribution in [1.82, 2.24) is 20.6 Å². The molecular weight excluding hydrogens is 266 g/mol. The second-order valence-corrected chi connectivity index (χ2v) is 4.31. The Morgan fingerprint density at radius 1 is 1.14 bits per heavy atom. The number of aliphatic imine (C=N–C) groups is 1. The van der Waals surface area contributed by atoms with Gasteiger partial charge in [0.1, 0.15) is 0 Å². The van der Waals surface area contributed by atoms with Crippen LogP contribution in [0, 0.1) is 0 Å². The minimum Gasteiger partial charge on any atom is -0.481 e. The molecule has 0 spiro atoms. The highest BCUT2D eigenvalue weighted by molar-refractivity contribution is 5.79. The lowest BCUT2D eigenvalue weighted by Crippen LogP contribution is -2.36. The van der Waals surface area contributed by atoms with Gasteiger partial charge in [-0.05, 0) is 23.8 Å². The summed E-state index contributed by atoms with van der Waals surface area (Å²) in [6, 6.07) is 9.64. The van der Waals surface area contributed by atoms with Gasteiger partial charge < -0.3 is 15.4 Å². The fourth-order valence-electron chi connectivity index (χ4n) is 1.76. The van der Waals surface area contributed by atoms with Crippen LogP contribution in [-0.2, 0) is 13.1 Å². The van der Waals surface area contributed by atoms with Crippen LogP contribution < -0.4 is 15.4 Å². The molecule has 0 aliphatic rings. The topological polar surface area (TPSA) is 71.4 Å². The van der Waals surface area contributed by atoms with Crippen LogP contribution in [0.5, 0.6) is 5.88 Å². The number of hydrogen-bond acceptors (Lipinski definition) is 4. The number of guanidine groups is 1. The second-order valence-electron chi connectivity index (χ2n) is 4.31. The number of nitrogens with zero attached hydrogens (tertiary/aromatic N) is 3. The van der Waals surface area contributed by atoms with Crippen LogP contribution in [0.2, 0.25) is 0 Å². The second kappa shape index (κ2) is 7.84. The molecule has 0 amide bonds. The molecule has 2 aromatic heterocycles. The Labute approximate surface area is 124 Å². The number of pyridine rings is 2. The Balaban J connectivity index is 1.85. The third-order valence-corrected chi connectivity index (χ3v) is 2.86. The van der Waals surface area contributed by atoms with Crippen molar-refractivity contribution in [3.8, 4) is 5.88 Å². The summed E-state index contributed by atoms with van der Waals surface area (Å²) in [5, 5.41) is 6.45. The molecule has 0 atom stereocenters. The number of aromatic nitrogens is 2. The van der Waals surface area contributed by atoms with Gasteiger partial charge in [-0.25, -0.2) is 4.98 Å². The molecule has 6 heteroatoms. The predicted molar refractivity (Wildman–Crippen MR) is 82.1 cm³/mol. The van der Waals surface area contributed by atoms with E-state index in [0.717, 1.165) is 17.2 Å². The van der Waals surface area contributed by atoms with E-state index >= 15 is 0 Å². The Kier molecular flexibility index (Phi) is 5.51. The van der Waals surface area contributed by atoms with Gasteiger partial charge in [-0.15, -0.1) is 0 Å². The van der Waals surface area contributed by atoms with Gasteiger partial charge >= 0.3 is 0 Å². The first-order chi connectivity index (χ1) is 10.3. The van der Waals surface area contributed by atoms with Crippen LogP contribution in [0.4, 0.5) is 0 Å². The fraction of sp³-hybridized carbons (Fsp3) is 0.267. The Hall–Kier alpha value is -2.63. The highest BCUT2D eigenvalue weighted by Gasteiger charge is 2.01. The normalized spacial score (nSPS) is 11.0. The molecule has 0 aliphatic heterocycles. The van der Waals surface area contributed by atoms with Crippen molar-refractivity contribution in [2.75, 3.05) is 14.2 Å². The van der Waals surface area contributed by atoms with Crippen molar-refractivity contribution >= 4 is 5.96 Å². The molecule has 0 aliphatic carbocycles. The molecule has 21 heavy (non-hydrogen) atoms. The first-order valence-electron chi connectivity index (χ1n) is 6.65. The molecule has 2 N–H and O–H groups in total. The smallest absolute Gasteiger partial charge is 0.213 e. The number of nitrogens with one attached hydrogen (secondary N) is 2. The molecule has 0 fully saturated rings. The lowest BCUT2D eigenvalue weighted by atomic mass is 10.2. The summed E-state index contributed by atoms with van der Waals surface area (Å²) in [4.78, 5) is 12.5. The SMILES string of the molecule is CN=C(NCc1ccnc(OC)c1)NCc1ccccn1. The minimum atomic E-state index is 0.603. The summed E-state index contributed by atoms with van der Waals surface area (Å²) >= 11 is 0. The third-order valence-electron chi connectivity index (χ3n) is 2.86. The van der Waals surface area contributed by atoms with Crippen LogP contribution in [0.15, 0.2) is 47.7 Å². The van der Waals surface area contributed by atoms with E-state index in [0.29, 0.717) is 19.0 Å². The summed E-state index contributed by atoms with van der Waals surface area (Å²) in [7, 11) is 3.34. The van der Waals surface area contributed by atoms with Gasteiger partial charge in [-0.1, -0.05) is 6.07 Å². The van der Waals surface area contributed by atoms with E-state index in [1.54, 1.807) is 26.6 Å². The number of ether oxygens (including phenoxy) is 1. The highest BCUT2D eigenvalue weighted by Crippen LogP contribution is 2.07. The average molecular weight is 285 g/mol. The zero-order valence-corrected chi connectivity index (χ0v) is 12.2. The highest BCUT2D eigenvalue weighted by atomic mass is 16.5. The van der Waals surface area contributed by atoms with E-state index in [4.69, 9.17) is 4.74 Å². The van der Waals surface area contributed by atoms with Crippen molar-refractivity contribution in [2.45, 2.75) is 13.1 Å². The first-order valence-corrected chi connectivity index (χ1v) is 6.65. The third kappa shape index (κ3) is 4.76. The van der Waals surface area contributed by atoms with Gasteiger partial charge in [0, 0.05) is 32.1 Å². The van der Waals surface area contributed by atoms with E-state index in [2.05, 4.69) is 25.6 Å². The van der Waals surface area contributed by atoms with Crippen molar-refractivity contribution in [1.29, 1.82) is 0 Å². The zero-order valence-electron chi connectivity index (χ0n) is 12.2. The van der Waals surface area contributed by atoms with E-state index in [-0.39, 0.29) is 0 Å². The van der Waals surface area contributed by atoms with Crippen molar-refractivity contribution in [3.05, 3.63) is 54.0 Å². The quantitative estimate of drug-likeness (QED) is 0.641. The van der Waals surface area contributed by atoms with Gasteiger partial charge in [0.2, 0.25) is 5.88 Å². The lowest BCUT2D eigenvalue weighted by Gasteiger charge is -2.12. The summed E-state index contributed by atoms with van der Waals surface area (Å²) in [6.07, 6.45) is 3.50. The molecule has 2 aromatic rings. The molecule has 110 valence electrons. The molecule has 0 saturated carbocycles. The molecule has 0 unspecified atom stereocenters. The average Bonchev–Trinajstić information content (AvgIpc) is 2.56. The van der Waals surface area contributed by atoms with Gasteiger partial charge in [0.25, 0.3) is 0 Å². The molecule has 2 rings (SSSR count). The molecular formula is C15H19N5O. The summed E-state index contributed by atoms with van der Waals surface area (Å²) in [6.45, 7) is 1.26. The Morgan fingerprint density at radius 3 is 2.71 bits per heavy atom. The van der Waals surface area contributed by atoms with Crippen LogP contribution in [-0.4, -0.2) is 30.1 Å². The van der Waals surface area contributed by atoms with Gasteiger partial charge in [0.15, 0.2) is 5.96 Å². The molecule has 0 radical (unpaired) electrons. The monoisotopic (exact) mass is 285 g/mol. The lowest BCUT2D eigenvalue weighted by molar-refractivity contribution is 0.397. The van der Waals surface area contributed by atoms with Gasteiger partial charge in [-0.2, -0.15) is 0 Å². The standard InChI is InChI=1S/C15H19N5O/c1-16-15(20-11-13-5-3-4-7-17-13)19-10-12-6-8-18-14(9-12)21-2/h3-9H,10-11H2,1-2H3,(H2,16,19,20). The van der Waals surface area contributed by atoms with Crippen LogP contribution in [0.25, 0.3) is 0 Å². The van der Waals surface area contributed by atoms with E-state index in [9.17, 15) is 0 Å². The predicted octanol–water partition coefficient (Wildman–Crippen LogP) is 1.35. The van der Waals surface area contributed by atoms with Crippen LogP contribution >= 0.6 is 0 Å². The maximum atomic E-state index is 5.10. The van der Waals surface area contributed by atoms with E-state index < -0.39 is 0 Å². The first kappa shape index (κ1) is 14.8. The maximum Gasteiger partial charge on any atom is 0.213 e. The Bertz CT molecular complexity index is 586. The molecule has 0 aromatic carbocycles. The Morgan fingerprint density at radius 2 is 2.00 bits per heavy atom. The van der Waals surface area contributed by atoms with Gasteiger partial charge in [0.05, 0.1) is 19.3 Å². The number of rotatable bonds is 5. The van der Waals surface area contributed by atoms with Crippen LogP contribution in [0.3, 0.4) is 0 Å². The fourth-order valence-corrected chi connectivity index (χ4v) is 1.76. The maximum absolute atomic E-state index is 5.10. The van der Waals surface area contributed by atoms with Crippen molar-refractivity contribution in [2.24, 2.45) is 4.99 Å². The number of hydrogen-bond donors (Lipinski definition) is 2. The zero-order chi connectivity index (χ0) is 14.9. The largest absolute Gasteiger partial charge is 0.481 e. The van der Waals surface area contributed by atoms with Crippen molar-refractivity contribution in [3.63, 3.8) is 0 Å². The summed E-state index contributed by atoms with van der Waals surface area (Å²) in [5.74, 6) is 1.32.